The molecule has 256 valence electrons. The maximum Gasteiger partial charge on any atom is 0.267 e. The average Bonchev–Trinajstić information content (AvgIpc) is 3.16. The summed E-state index contributed by atoms with van der Waals surface area (Å²) in [6, 6.07) is 29.7. The molecule has 4 N–H and O–H groups in total. The van der Waals surface area contributed by atoms with E-state index in [9.17, 15) is 19.2 Å². The minimum Gasteiger partial charge on any atom is -0.378 e. The second kappa shape index (κ2) is 19.6. The lowest BCUT2D eigenvalue weighted by Gasteiger charge is -2.13. The van der Waals surface area contributed by atoms with E-state index < -0.39 is 23.6 Å². The highest BCUT2D eigenvalue weighted by Crippen LogP contribution is 2.17. The van der Waals surface area contributed by atoms with E-state index in [1.165, 1.54) is 12.2 Å². The third kappa shape index (κ3) is 12.1. The maximum absolute atomic E-state index is 13.1. The molecule has 0 heterocycles. The number of hydrogen-bond donors (Lipinski definition) is 4. The summed E-state index contributed by atoms with van der Waals surface area (Å²) in [5, 5.41) is 17.7. The molecular weight excluding hydrogens is 652 g/mol. The Kier molecular flexibility index (Phi) is 14.1. The predicted octanol–water partition coefficient (Wildman–Crippen LogP) is 6.06. The van der Waals surface area contributed by atoms with Gasteiger partial charge in [-0.15, -0.1) is 0 Å². The molecule has 0 saturated heterocycles. The van der Waals surface area contributed by atoms with Gasteiger partial charge in [-0.05, 0) is 58.6 Å². The molecule has 15 heteroatoms. The molecule has 4 aromatic rings. The monoisotopic (exact) mass is 684 g/mol. The third-order valence-corrected chi connectivity index (χ3v) is 6.85. The third-order valence-electron chi connectivity index (χ3n) is 6.85. The highest BCUT2D eigenvalue weighted by Gasteiger charge is 2.16. The van der Waals surface area contributed by atoms with Crippen molar-refractivity contribution >= 4 is 47.2 Å². The molecule has 51 heavy (non-hydrogen) atoms. The summed E-state index contributed by atoms with van der Waals surface area (Å²) >= 11 is 0. The Morgan fingerprint density at radius 3 is 1.29 bits per heavy atom. The normalized spacial score (nSPS) is 10.9. The van der Waals surface area contributed by atoms with Crippen LogP contribution >= 0.6 is 0 Å². The number of ether oxygens (including phenoxy) is 1. The van der Waals surface area contributed by atoms with Gasteiger partial charge in [0.05, 0.1) is 13.2 Å². The van der Waals surface area contributed by atoms with E-state index >= 15 is 0 Å². The van der Waals surface area contributed by atoms with Crippen LogP contribution in [0.1, 0.15) is 31.8 Å². The van der Waals surface area contributed by atoms with Gasteiger partial charge in [0.1, 0.15) is 11.4 Å². The first-order chi connectivity index (χ1) is 24.9. The Bertz CT molecular complexity index is 1840. The van der Waals surface area contributed by atoms with Gasteiger partial charge in [0.15, 0.2) is 0 Å². The van der Waals surface area contributed by atoms with Crippen molar-refractivity contribution in [1.29, 1.82) is 0 Å². The van der Waals surface area contributed by atoms with Crippen LogP contribution in [0.15, 0.2) is 131 Å². The number of hydrogen-bond acceptors (Lipinski definition) is 7. The van der Waals surface area contributed by atoms with E-state index in [2.05, 4.69) is 41.3 Å². The molecule has 0 saturated carbocycles. The summed E-state index contributed by atoms with van der Waals surface area (Å²) in [6.45, 7) is 0.358. The van der Waals surface area contributed by atoms with Crippen LogP contribution < -0.4 is 21.3 Å². The van der Waals surface area contributed by atoms with E-state index in [-0.39, 0.29) is 37.7 Å². The Hall–Kier alpha value is -7.18. The molecule has 0 atom stereocenters. The smallest absolute Gasteiger partial charge is 0.267 e. The molecule has 15 nitrogen and oxygen atoms in total. The van der Waals surface area contributed by atoms with Crippen LogP contribution in [-0.2, 0) is 14.3 Å². The predicted molar refractivity (Wildman–Crippen MR) is 191 cm³/mol. The van der Waals surface area contributed by atoms with Gasteiger partial charge >= 0.3 is 0 Å². The zero-order valence-corrected chi connectivity index (χ0v) is 27.1. The van der Waals surface area contributed by atoms with Gasteiger partial charge in [-0.3, -0.25) is 19.2 Å². The average molecular weight is 685 g/mol. The van der Waals surface area contributed by atoms with Crippen LogP contribution in [0.4, 0.5) is 11.4 Å². The van der Waals surface area contributed by atoms with Gasteiger partial charge in [0.2, 0.25) is 0 Å². The molecule has 0 radical (unpaired) electrons. The molecule has 0 fully saturated rings. The van der Waals surface area contributed by atoms with Gasteiger partial charge in [-0.25, -0.2) is 0 Å². The van der Waals surface area contributed by atoms with Crippen LogP contribution in [0, 0.1) is 0 Å². The molecule has 0 bridgehead atoms. The summed E-state index contributed by atoms with van der Waals surface area (Å²) in [7, 11) is 0. The van der Waals surface area contributed by atoms with Crippen molar-refractivity contribution in [2.75, 3.05) is 26.3 Å². The van der Waals surface area contributed by atoms with Crippen molar-refractivity contribution in [3.8, 4) is 0 Å². The van der Waals surface area contributed by atoms with Gasteiger partial charge in [-0.1, -0.05) is 95.2 Å². The number of nitrogens with zero attached hydrogens (tertiary/aromatic N) is 6. The SMILES string of the molecule is [N-]=[N+]=Nc1ccc(/C=C(\NC(=O)c2ccccc2)C(=O)NCCOCCNC(=O)/C(=C/c2ccc(N=[N+]=[N-])cc2)NC(=O)c2ccccc2)cc1. The Morgan fingerprint density at radius 1 is 0.569 bits per heavy atom. The topological polar surface area (TPSA) is 223 Å². The molecule has 4 rings (SSSR count). The Labute approximate surface area is 292 Å². The van der Waals surface area contributed by atoms with E-state index in [4.69, 9.17) is 15.8 Å². The number of azide groups is 2. The second-order valence-corrected chi connectivity index (χ2v) is 10.4. The number of rotatable bonds is 16. The molecule has 0 unspecified atom stereocenters. The van der Waals surface area contributed by atoms with Crippen molar-refractivity contribution in [1.82, 2.24) is 21.3 Å². The fourth-order valence-electron chi connectivity index (χ4n) is 4.36. The summed E-state index contributed by atoms with van der Waals surface area (Å²) in [6.07, 6.45) is 2.98. The molecular formula is C36H32N10O5. The molecule has 0 aliphatic carbocycles. The second-order valence-electron chi connectivity index (χ2n) is 10.4. The van der Waals surface area contributed by atoms with Gasteiger partial charge < -0.3 is 26.0 Å². The zero-order chi connectivity index (χ0) is 36.3. The van der Waals surface area contributed by atoms with Crippen LogP contribution in [0.5, 0.6) is 0 Å². The van der Waals surface area contributed by atoms with Crippen LogP contribution in [0.3, 0.4) is 0 Å². The van der Waals surface area contributed by atoms with Crippen molar-refractivity contribution in [3.63, 3.8) is 0 Å². The van der Waals surface area contributed by atoms with Crippen molar-refractivity contribution in [2.45, 2.75) is 0 Å². The van der Waals surface area contributed by atoms with Gasteiger partial charge in [0, 0.05) is 45.4 Å². The number of carbonyl (C=O) groups is 4. The van der Waals surface area contributed by atoms with Crippen LogP contribution in [0.25, 0.3) is 33.0 Å². The van der Waals surface area contributed by atoms with Crippen LogP contribution in [-0.4, -0.2) is 49.9 Å². The molecule has 4 amide bonds. The lowest BCUT2D eigenvalue weighted by Crippen LogP contribution is -2.37. The summed E-state index contributed by atoms with van der Waals surface area (Å²) < 4.78 is 5.58. The Balaban J connectivity index is 1.31. The van der Waals surface area contributed by atoms with Crippen molar-refractivity contribution in [2.24, 2.45) is 10.2 Å². The lowest BCUT2D eigenvalue weighted by atomic mass is 10.1. The molecule has 0 aliphatic rings. The molecule has 0 aliphatic heterocycles. The summed E-state index contributed by atoms with van der Waals surface area (Å²) in [4.78, 5) is 57.3. The molecule has 0 spiro atoms. The minimum absolute atomic E-state index is 0.0167. The number of carbonyl (C=O) groups excluding carboxylic acids is 4. The summed E-state index contributed by atoms with van der Waals surface area (Å²) in [5.41, 5.74) is 19.9. The quantitative estimate of drug-likeness (QED) is 0.0362. The van der Waals surface area contributed by atoms with Crippen molar-refractivity contribution in [3.05, 3.63) is 164 Å². The highest BCUT2D eigenvalue weighted by atomic mass is 16.5. The maximum atomic E-state index is 13.1. The minimum atomic E-state index is -0.563. The van der Waals surface area contributed by atoms with Crippen molar-refractivity contribution < 1.29 is 23.9 Å². The van der Waals surface area contributed by atoms with E-state index in [1.807, 2.05) is 0 Å². The van der Waals surface area contributed by atoms with E-state index in [1.54, 1.807) is 109 Å². The van der Waals surface area contributed by atoms with Gasteiger partial charge in [0.25, 0.3) is 23.6 Å². The first-order valence-electron chi connectivity index (χ1n) is 15.5. The standard InChI is InChI=1S/C36H32N10O5/c37-45-43-29-15-11-25(12-16-29)23-31(41-33(47)27-7-3-1-4-8-27)35(49)39-19-21-51-22-20-40-36(50)32(42-34(48)28-9-5-2-6-10-28)24-26-13-17-30(18-14-26)44-46-38/h1-18,23-24H,19-22H2,(H,39,49)(H,40,50)(H,41,47)(H,42,48)/b31-23-,32-24-. The van der Waals surface area contributed by atoms with Crippen LogP contribution in [0.2, 0.25) is 0 Å². The summed E-state index contributed by atoms with van der Waals surface area (Å²) in [5.74, 6) is -2.08. The lowest BCUT2D eigenvalue weighted by molar-refractivity contribution is -0.118. The number of amides is 4. The molecule has 4 aromatic carbocycles. The zero-order valence-electron chi connectivity index (χ0n) is 27.1. The van der Waals surface area contributed by atoms with Gasteiger partial charge in [-0.2, -0.15) is 0 Å². The van der Waals surface area contributed by atoms with E-state index in [0.717, 1.165) is 0 Å². The number of benzene rings is 4. The van der Waals surface area contributed by atoms with E-state index in [0.29, 0.717) is 33.6 Å². The largest absolute Gasteiger partial charge is 0.378 e. The fourth-order valence-corrected chi connectivity index (χ4v) is 4.36. The first kappa shape index (κ1) is 36.7. The fraction of sp³-hybridized carbons (Fsp3) is 0.111. The Morgan fingerprint density at radius 2 is 0.941 bits per heavy atom. The number of nitrogens with one attached hydrogen (secondary N) is 4. The highest BCUT2D eigenvalue weighted by molar-refractivity contribution is 6.06. The first-order valence-corrected chi connectivity index (χ1v) is 15.5. The molecule has 0 aromatic heterocycles.